The number of Topliss-reactive ketones (excluding diaryl/α,β-unsaturated/α-hetero) is 1. The fourth-order valence-corrected chi connectivity index (χ4v) is 2.15. The summed E-state index contributed by atoms with van der Waals surface area (Å²) < 4.78 is 4.69. The topological polar surface area (TPSA) is 55.4 Å². The molecule has 0 saturated heterocycles. The molecule has 0 heterocycles. The van der Waals surface area contributed by atoms with Crippen molar-refractivity contribution in [1.82, 2.24) is 5.32 Å². The maximum absolute atomic E-state index is 12.5. The van der Waals surface area contributed by atoms with Crippen molar-refractivity contribution in [2.75, 3.05) is 7.11 Å². The molecule has 0 bridgehead atoms. The molecule has 2 rings (SSSR count). The molecule has 4 heteroatoms. The van der Waals surface area contributed by atoms with Gasteiger partial charge in [-0.3, -0.25) is 9.59 Å². The van der Waals surface area contributed by atoms with E-state index in [1.807, 2.05) is 36.4 Å². The van der Waals surface area contributed by atoms with E-state index in [4.69, 9.17) is 0 Å². The Kier molecular flexibility index (Phi) is 5.86. The number of benzene rings is 2. The molecule has 22 heavy (non-hydrogen) atoms. The third-order valence-electron chi connectivity index (χ3n) is 3.37. The Morgan fingerprint density at radius 1 is 1.00 bits per heavy atom. The lowest BCUT2D eigenvalue weighted by atomic mass is 10.0. The number of carbonyl (C=O) groups excluding carboxylic acids is 2. The maximum Gasteiger partial charge on any atom is 0.307 e. The van der Waals surface area contributed by atoms with Crippen LogP contribution in [0.15, 0.2) is 60.7 Å². The number of esters is 1. The van der Waals surface area contributed by atoms with Crippen LogP contribution in [0.4, 0.5) is 0 Å². The lowest BCUT2D eigenvalue weighted by Gasteiger charge is -2.17. The van der Waals surface area contributed by atoms with Crippen LogP contribution in [-0.2, 0) is 16.1 Å². The SMILES string of the molecule is COC(=O)CC(NCc1ccccc1)C(=O)c1ccccc1. The molecular weight excluding hydrogens is 278 g/mol. The van der Waals surface area contributed by atoms with Gasteiger partial charge in [0.15, 0.2) is 5.78 Å². The van der Waals surface area contributed by atoms with Gasteiger partial charge in [0.2, 0.25) is 0 Å². The average molecular weight is 297 g/mol. The number of nitrogens with one attached hydrogen (secondary N) is 1. The number of methoxy groups -OCH3 is 1. The average Bonchev–Trinajstić information content (AvgIpc) is 2.59. The Morgan fingerprint density at radius 3 is 2.18 bits per heavy atom. The van der Waals surface area contributed by atoms with E-state index in [0.29, 0.717) is 12.1 Å². The lowest BCUT2D eigenvalue weighted by molar-refractivity contribution is -0.141. The molecule has 0 aliphatic rings. The summed E-state index contributed by atoms with van der Waals surface area (Å²) in [6, 6.07) is 18.1. The Labute approximate surface area is 130 Å². The molecule has 2 aromatic rings. The van der Waals surface area contributed by atoms with Crippen molar-refractivity contribution in [3.63, 3.8) is 0 Å². The van der Waals surface area contributed by atoms with Crippen LogP contribution in [0, 0.1) is 0 Å². The van der Waals surface area contributed by atoms with E-state index in [2.05, 4.69) is 10.1 Å². The van der Waals surface area contributed by atoms with Gasteiger partial charge in [-0.25, -0.2) is 0 Å². The van der Waals surface area contributed by atoms with Gasteiger partial charge in [-0.1, -0.05) is 60.7 Å². The van der Waals surface area contributed by atoms with Gasteiger partial charge in [-0.15, -0.1) is 0 Å². The van der Waals surface area contributed by atoms with E-state index in [0.717, 1.165) is 5.56 Å². The fraction of sp³-hybridized carbons (Fsp3) is 0.222. The van der Waals surface area contributed by atoms with E-state index in [-0.39, 0.29) is 12.2 Å². The number of ether oxygens (including phenoxy) is 1. The maximum atomic E-state index is 12.5. The second-order valence-corrected chi connectivity index (χ2v) is 4.93. The second-order valence-electron chi connectivity index (χ2n) is 4.93. The highest BCUT2D eigenvalue weighted by Crippen LogP contribution is 2.08. The van der Waals surface area contributed by atoms with E-state index in [1.54, 1.807) is 24.3 Å². The molecule has 0 radical (unpaired) electrons. The molecule has 0 aromatic heterocycles. The molecule has 0 amide bonds. The largest absolute Gasteiger partial charge is 0.469 e. The lowest BCUT2D eigenvalue weighted by Crippen LogP contribution is -2.38. The Bertz CT molecular complexity index is 611. The summed E-state index contributed by atoms with van der Waals surface area (Å²) in [6.07, 6.45) is 0.0110. The van der Waals surface area contributed by atoms with E-state index >= 15 is 0 Å². The number of hydrogen-bond acceptors (Lipinski definition) is 4. The third-order valence-corrected chi connectivity index (χ3v) is 3.37. The van der Waals surface area contributed by atoms with Crippen molar-refractivity contribution < 1.29 is 14.3 Å². The summed E-state index contributed by atoms with van der Waals surface area (Å²) in [5.41, 5.74) is 1.63. The highest BCUT2D eigenvalue weighted by Gasteiger charge is 2.23. The summed E-state index contributed by atoms with van der Waals surface area (Å²) >= 11 is 0. The van der Waals surface area contributed by atoms with Crippen LogP contribution in [-0.4, -0.2) is 24.9 Å². The summed E-state index contributed by atoms with van der Waals surface area (Å²) in [4.78, 5) is 24.1. The van der Waals surface area contributed by atoms with Gasteiger partial charge < -0.3 is 10.1 Å². The first-order valence-electron chi connectivity index (χ1n) is 7.14. The number of hydrogen-bond donors (Lipinski definition) is 1. The Morgan fingerprint density at radius 2 is 1.59 bits per heavy atom. The molecule has 1 unspecified atom stereocenters. The zero-order chi connectivity index (χ0) is 15.8. The fourth-order valence-electron chi connectivity index (χ4n) is 2.15. The molecule has 1 N–H and O–H groups in total. The Hall–Kier alpha value is -2.46. The quantitative estimate of drug-likeness (QED) is 0.630. The zero-order valence-corrected chi connectivity index (χ0v) is 12.5. The van der Waals surface area contributed by atoms with Crippen molar-refractivity contribution in [2.24, 2.45) is 0 Å². The summed E-state index contributed by atoms with van der Waals surface area (Å²) in [5.74, 6) is -0.517. The van der Waals surface area contributed by atoms with E-state index in [9.17, 15) is 9.59 Å². The molecule has 0 spiro atoms. The number of ketones is 1. The van der Waals surface area contributed by atoms with Gasteiger partial charge in [0.05, 0.1) is 19.6 Å². The van der Waals surface area contributed by atoms with Crippen LogP contribution in [0.1, 0.15) is 22.3 Å². The number of rotatable bonds is 7. The van der Waals surface area contributed by atoms with Gasteiger partial charge in [-0.05, 0) is 5.56 Å². The van der Waals surface area contributed by atoms with Gasteiger partial charge in [0.25, 0.3) is 0 Å². The number of carbonyl (C=O) groups is 2. The summed E-state index contributed by atoms with van der Waals surface area (Å²) in [5, 5.41) is 3.15. The van der Waals surface area contributed by atoms with Crippen molar-refractivity contribution in [3.05, 3.63) is 71.8 Å². The summed E-state index contributed by atoms with van der Waals surface area (Å²) in [7, 11) is 1.32. The van der Waals surface area contributed by atoms with Crippen molar-refractivity contribution in [3.8, 4) is 0 Å². The molecule has 4 nitrogen and oxygen atoms in total. The van der Waals surface area contributed by atoms with Crippen molar-refractivity contribution >= 4 is 11.8 Å². The normalized spacial score (nSPS) is 11.7. The van der Waals surface area contributed by atoms with Crippen LogP contribution in [0.25, 0.3) is 0 Å². The minimum Gasteiger partial charge on any atom is -0.469 e. The minimum atomic E-state index is -0.602. The molecule has 1 atom stereocenters. The van der Waals surface area contributed by atoms with Crippen molar-refractivity contribution in [2.45, 2.75) is 19.0 Å². The van der Waals surface area contributed by atoms with Gasteiger partial charge >= 0.3 is 5.97 Å². The van der Waals surface area contributed by atoms with Crippen LogP contribution in [0.3, 0.4) is 0 Å². The van der Waals surface area contributed by atoms with Crippen LogP contribution < -0.4 is 5.32 Å². The predicted octanol–water partition coefficient (Wildman–Crippen LogP) is 2.59. The first-order valence-corrected chi connectivity index (χ1v) is 7.14. The van der Waals surface area contributed by atoms with Crippen LogP contribution in [0.2, 0.25) is 0 Å². The van der Waals surface area contributed by atoms with Gasteiger partial charge in [-0.2, -0.15) is 0 Å². The molecule has 0 saturated carbocycles. The van der Waals surface area contributed by atoms with E-state index < -0.39 is 12.0 Å². The van der Waals surface area contributed by atoms with E-state index in [1.165, 1.54) is 7.11 Å². The second kappa shape index (κ2) is 8.10. The van der Waals surface area contributed by atoms with Crippen molar-refractivity contribution in [1.29, 1.82) is 0 Å². The smallest absolute Gasteiger partial charge is 0.307 e. The molecule has 0 fully saturated rings. The minimum absolute atomic E-state index is 0.0110. The van der Waals surface area contributed by atoms with Crippen LogP contribution in [0.5, 0.6) is 0 Å². The summed E-state index contributed by atoms with van der Waals surface area (Å²) in [6.45, 7) is 0.515. The standard InChI is InChI=1S/C18H19NO3/c1-22-17(20)12-16(18(21)15-10-6-3-7-11-15)19-13-14-8-4-2-5-9-14/h2-11,16,19H,12-13H2,1H3. The molecule has 0 aliphatic carbocycles. The van der Waals surface area contributed by atoms with Gasteiger partial charge in [0.1, 0.15) is 0 Å². The van der Waals surface area contributed by atoms with Crippen LogP contribution >= 0.6 is 0 Å². The molecular formula is C18H19NO3. The monoisotopic (exact) mass is 297 g/mol. The molecule has 2 aromatic carbocycles. The Balaban J connectivity index is 2.08. The highest BCUT2D eigenvalue weighted by atomic mass is 16.5. The highest BCUT2D eigenvalue weighted by molar-refractivity contribution is 6.01. The molecule has 0 aliphatic heterocycles. The zero-order valence-electron chi connectivity index (χ0n) is 12.5. The first-order chi connectivity index (χ1) is 10.7. The molecule has 114 valence electrons. The third kappa shape index (κ3) is 4.53. The van der Waals surface area contributed by atoms with Gasteiger partial charge in [0, 0.05) is 12.1 Å². The predicted molar refractivity (Wildman–Crippen MR) is 84.5 cm³/mol. The first kappa shape index (κ1) is 15.9.